The molecular formula is C21H18F3N3O. The lowest BCUT2D eigenvalue weighted by Crippen LogP contribution is -2.44. The van der Waals surface area contributed by atoms with Gasteiger partial charge >= 0.3 is 6.18 Å². The van der Waals surface area contributed by atoms with Crippen molar-refractivity contribution in [3.8, 4) is 6.07 Å². The van der Waals surface area contributed by atoms with Gasteiger partial charge in [0.1, 0.15) is 11.6 Å². The van der Waals surface area contributed by atoms with Crippen LogP contribution in [0.4, 0.5) is 18.9 Å². The largest absolute Gasteiger partial charge is 0.416 e. The van der Waals surface area contributed by atoms with E-state index in [1.54, 1.807) is 42.6 Å². The van der Waals surface area contributed by atoms with E-state index in [1.807, 2.05) is 15.9 Å². The Morgan fingerprint density at radius 1 is 1.00 bits per heavy atom. The van der Waals surface area contributed by atoms with Crippen LogP contribution in [0.3, 0.4) is 0 Å². The third-order valence-corrected chi connectivity index (χ3v) is 4.57. The van der Waals surface area contributed by atoms with Crippen LogP contribution < -0.4 is 4.90 Å². The van der Waals surface area contributed by atoms with E-state index in [0.29, 0.717) is 37.4 Å². The number of hydrogen-bond donors (Lipinski definition) is 0. The number of nitriles is 1. The van der Waals surface area contributed by atoms with Crippen molar-refractivity contribution in [1.82, 2.24) is 4.90 Å². The second-order valence-corrected chi connectivity index (χ2v) is 6.42. The molecule has 0 saturated carbocycles. The number of piperazine rings is 1. The van der Waals surface area contributed by atoms with Gasteiger partial charge in [0, 0.05) is 43.6 Å². The lowest BCUT2D eigenvalue weighted by atomic mass is 10.1. The molecule has 0 aliphatic carbocycles. The van der Waals surface area contributed by atoms with Crippen molar-refractivity contribution in [3.05, 3.63) is 77.5 Å². The molecule has 3 rings (SSSR count). The van der Waals surface area contributed by atoms with Gasteiger partial charge in [0.2, 0.25) is 5.78 Å². The maximum Gasteiger partial charge on any atom is 0.416 e. The van der Waals surface area contributed by atoms with Crippen LogP contribution >= 0.6 is 0 Å². The summed E-state index contributed by atoms with van der Waals surface area (Å²) in [4.78, 5) is 16.1. The minimum Gasteiger partial charge on any atom is -0.373 e. The molecule has 7 heteroatoms. The summed E-state index contributed by atoms with van der Waals surface area (Å²) in [5.74, 6) is -0.344. The fourth-order valence-electron chi connectivity index (χ4n) is 3.05. The third kappa shape index (κ3) is 4.52. The number of Topliss-reactive ketones (excluding diaryl/α,β-unsaturated/α-hetero) is 1. The summed E-state index contributed by atoms with van der Waals surface area (Å²) in [6, 6.07) is 15.8. The van der Waals surface area contributed by atoms with Gasteiger partial charge in [-0.15, -0.1) is 0 Å². The van der Waals surface area contributed by atoms with Crippen LogP contribution in [0.1, 0.15) is 15.9 Å². The molecule has 2 aromatic rings. The van der Waals surface area contributed by atoms with E-state index in [-0.39, 0.29) is 11.4 Å². The normalized spacial score (nSPS) is 15.3. The van der Waals surface area contributed by atoms with Gasteiger partial charge in [0.05, 0.1) is 5.56 Å². The number of benzene rings is 2. The zero-order chi connectivity index (χ0) is 20.1. The first kappa shape index (κ1) is 19.5. The minimum absolute atomic E-state index is 0.0405. The Hall–Kier alpha value is -3.27. The quantitative estimate of drug-likeness (QED) is 0.451. The van der Waals surface area contributed by atoms with Crippen molar-refractivity contribution in [2.24, 2.45) is 0 Å². The molecule has 28 heavy (non-hydrogen) atoms. The van der Waals surface area contributed by atoms with Crippen LogP contribution in [-0.2, 0) is 6.18 Å². The number of allylic oxidation sites excluding steroid dienone is 1. The van der Waals surface area contributed by atoms with E-state index in [0.717, 1.165) is 12.1 Å². The molecule has 0 radical (unpaired) electrons. The van der Waals surface area contributed by atoms with Crippen LogP contribution in [0.2, 0.25) is 0 Å². The van der Waals surface area contributed by atoms with Gasteiger partial charge in [-0.2, -0.15) is 18.4 Å². The monoisotopic (exact) mass is 385 g/mol. The van der Waals surface area contributed by atoms with Crippen molar-refractivity contribution in [2.75, 3.05) is 31.1 Å². The molecule has 1 saturated heterocycles. The number of carbonyl (C=O) groups is 1. The van der Waals surface area contributed by atoms with Crippen LogP contribution in [0.25, 0.3) is 0 Å². The molecular weight excluding hydrogens is 367 g/mol. The van der Waals surface area contributed by atoms with E-state index in [2.05, 4.69) is 0 Å². The second kappa shape index (κ2) is 8.17. The van der Waals surface area contributed by atoms with Gasteiger partial charge in [0.15, 0.2) is 0 Å². The highest BCUT2D eigenvalue weighted by Crippen LogP contribution is 2.31. The summed E-state index contributed by atoms with van der Waals surface area (Å²) >= 11 is 0. The molecule has 0 N–H and O–H groups in total. The Balaban J connectivity index is 1.67. The highest BCUT2D eigenvalue weighted by atomic mass is 19.4. The lowest BCUT2D eigenvalue weighted by Gasteiger charge is -2.36. The number of alkyl halides is 3. The SMILES string of the molecule is N#C/C(=C\N1CCN(c2cccc(C(F)(F)F)c2)CC1)C(=O)c1ccccc1. The maximum absolute atomic E-state index is 12.9. The molecule has 1 fully saturated rings. The first-order chi connectivity index (χ1) is 13.4. The van der Waals surface area contributed by atoms with Crippen molar-refractivity contribution < 1.29 is 18.0 Å². The van der Waals surface area contributed by atoms with Gasteiger partial charge in [-0.1, -0.05) is 36.4 Å². The van der Waals surface area contributed by atoms with Crippen molar-refractivity contribution in [2.45, 2.75) is 6.18 Å². The first-order valence-electron chi connectivity index (χ1n) is 8.76. The smallest absolute Gasteiger partial charge is 0.373 e. The van der Waals surface area contributed by atoms with Gasteiger partial charge in [0.25, 0.3) is 0 Å². The second-order valence-electron chi connectivity index (χ2n) is 6.42. The topological polar surface area (TPSA) is 47.3 Å². The van der Waals surface area contributed by atoms with Crippen LogP contribution in [0.15, 0.2) is 66.4 Å². The molecule has 1 aliphatic heterocycles. The van der Waals surface area contributed by atoms with E-state index >= 15 is 0 Å². The van der Waals surface area contributed by atoms with E-state index in [9.17, 15) is 23.2 Å². The van der Waals surface area contributed by atoms with Crippen LogP contribution in [-0.4, -0.2) is 36.9 Å². The fraction of sp³-hybridized carbons (Fsp3) is 0.238. The van der Waals surface area contributed by atoms with Gasteiger partial charge in [-0.05, 0) is 18.2 Å². The van der Waals surface area contributed by atoms with Crippen LogP contribution in [0, 0.1) is 11.3 Å². The zero-order valence-electron chi connectivity index (χ0n) is 15.0. The number of halogens is 3. The molecule has 0 amide bonds. The molecule has 0 bridgehead atoms. The lowest BCUT2D eigenvalue weighted by molar-refractivity contribution is -0.137. The number of nitrogens with zero attached hydrogens (tertiary/aromatic N) is 3. The number of carbonyl (C=O) groups excluding carboxylic acids is 1. The Morgan fingerprint density at radius 3 is 2.29 bits per heavy atom. The number of rotatable bonds is 4. The third-order valence-electron chi connectivity index (χ3n) is 4.57. The summed E-state index contributed by atoms with van der Waals surface area (Å²) in [6.45, 7) is 2.00. The first-order valence-corrected chi connectivity index (χ1v) is 8.76. The summed E-state index contributed by atoms with van der Waals surface area (Å²) in [6.07, 6.45) is -2.83. The molecule has 0 spiro atoms. The van der Waals surface area contributed by atoms with Gasteiger partial charge in [-0.3, -0.25) is 4.79 Å². The predicted molar refractivity (Wildman–Crippen MR) is 99.7 cm³/mol. The number of ketones is 1. The molecule has 0 unspecified atom stereocenters. The number of hydrogen-bond acceptors (Lipinski definition) is 4. The van der Waals surface area contributed by atoms with E-state index < -0.39 is 11.7 Å². The number of anilines is 1. The van der Waals surface area contributed by atoms with Crippen molar-refractivity contribution in [1.29, 1.82) is 5.26 Å². The Labute approximate surface area is 161 Å². The summed E-state index contributed by atoms with van der Waals surface area (Å²) in [5.41, 5.74) is 0.323. The Kier molecular flexibility index (Phi) is 5.69. The van der Waals surface area contributed by atoms with Gasteiger partial charge in [-0.25, -0.2) is 0 Å². The molecule has 1 aliphatic rings. The van der Waals surface area contributed by atoms with E-state index in [4.69, 9.17) is 0 Å². The standard InChI is InChI=1S/C21H18F3N3O/c22-21(23,24)18-7-4-8-19(13-18)27-11-9-26(10-12-27)15-17(14-25)20(28)16-5-2-1-3-6-16/h1-8,13,15H,9-12H2/b17-15+. The summed E-state index contributed by atoms with van der Waals surface area (Å²) in [7, 11) is 0. The van der Waals surface area contributed by atoms with Crippen molar-refractivity contribution in [3.63, 3.8) is 0 Å². The Bertz CT molecular complexity index is 908. The highest BCUT2D eigenvalue weighted by Gasteiger charge is 2.31. The summed E-state index contributed by atoms with van der Waals surface area (Å²) in [5, 5.41) is 9.34. The molecule has 144 valence electrons. The average Bonchev–Trinajstić information content (AvgIpc) is 2.72. The van der Waals surface area contributed by atoms with E-state index in [1.165, 1.54) is 6.07 Å². The maximum atomic E-state index is 12.9. The molecule has 4 nitrogen and oxygen atoms in total. The zero-order valence-corrected chi connectivity index (χ0v) is 15.0. The highest BCUT2D eigenvalue weighted by molar-refractivity contribution is 6.11. The minimum atomic E-state index is -4.37. The van der Waals surface area contributed by atoms with Crippen LogP contribution in [0.5, 0.6) is 0 Å². The van der Waals surface area contributed by atoms with Crippen molar-refractivity contribution >= 4 is 11.5 Å². The summed E-state index contributed by atoms with van der Waals surface area (Å²) < 4.78 is 38.7. The fourth-order valence-corrected chi connectivity index (χ4v) is 3.05. The molecule has 1 heterocycles. The molecule has 0 aromatic heterocycles. The molecule has 2 aromatic carbocycles. The Morgan fingerprint density at radius 2 is 1.68 bits per heavy atom. The molecule has 0 atom stereocenters. The van der Waals surface area contributed by atoms with Gasteiger partial charge < -0.3 is 9.80 Å². The average molecular weight is 385 g/mol. The predicted octanol–water partition coefficient (Wildman–Crippen LogP) is 4.12.